The van der Waals surface area contributed by atoms with E-state index in [0.29, 0.717) is 23.5 Å². The van der Waals surface area contributed by atoms with E-state index in [0.717, 1.165) is 64.7 Å². The fourth-order valence-corrected chi connectivity index (χ4v) is 9.25. The van der Waals surface area contributed by atoms with E-state index in [1.54, 1.807) is 54.8 Å². The molecule has 0 radical (unpaired) electrons. The number of Topliss-reactive ketones (excluding diaryl/α,β-unsaturated/α-hetero) is 1. The van der Waals surface area contributed by atoms with Gasteiger partial charge in [0.1, 0.15) is 34.5 Å². The number of hydrogen-bond acceptors (Lipinski definition) is 7. The van der Waals surface area contributed by atoms with E-state index >= 15 is 0 Å². The van der Waals surface area contributed by atoms with E-state index in [4.69, 9.17) is 28.4 Å². The Morgan fingerprint density at radius 3 is 0.940 bits per heavy atom. The molecule has 3 aromatic carbocycles. The summed E-state index contributed by atoms with van der Waals surface area (Å²) >= 11 is 10.4. The zero-order chi connectivity index (χ0) is 49.0. The van der Waals surface area contributed by atoms with Crippen LogP contribution in [0.4, 0.5) is 0 Å². The van der Waals surface area contributed by atoms with Gasteiger partial charge in [-0.05, 0) is 117 Å². The monoisotopic (exact) mass is 1120 g/mol. The van der Waals surface area contributed by atoms with Crippen molar-refractivity contribution in [1.29, 1.82) is 0 Å². The van der Waals surface area contributed by atoms with Crippen molar-refractivity contribution in [2.75, 3.05) is 58.6 Å². The molecule has 3 rings (SSSR count). The first-order chi connectivity index (χ1) is 32.8. The molecule has 7 nitrogen and oxygen atoms in total. The second-order valence-electron chi connectivity index (χ2n) is 17.4. The Balaban J connectivity index is 0.000000503. The number of carbonyl (C=O) groups is 1. The highest BCUT2D eigenvalue weighted by Crippen LogP contribution is 2.28. The third kappa shape index (κ3) is 31.4. The molecular formula is C57H91Br3O7. The average molecular weight is 1130 g/mol. The molecular weight excluding hydrogens is 1040 g/mol. The van der Waals surface area contributed by atoms with E-state index in [-0.39, 0.29) is 5.78 Å². The molecule has 0 unspecified atom stereocenters. The first kappa shape index (κ1) is 62.6. The molecule has 0 atom stereocenters. The van der Waals surface area contributed by atoms with Gasteiger partial charge in [-0.15, -0.1) is 0 Å². The number of alkyl halides is 3. The summed E-state index contributed by atoms with van der Waals surface area (Å²) in [7, 11) is 10.1. The predicted octanol–water partition coefficient (Wildman–Crippen LogP) is 18.1. The van der Waals surface area contributed by atoms with E-state index in [9.17, 15) is 4.79 Å². The van der Waals surface area contributed by atoms with Crippen LogP contribution in [0, 0.1) is 0 Å². The van der Waals surface area contributed by atoms with Crippen LogP contribution in [0.1, 0.15) is 195 Å². The van der Waals surface area contributed by atoms with Crippen LogP contribution in [0.25, 0.3) is 0 Å². The van der Waals surface area contributed by atoms with Gasteiger partial charge in [-0.1, -0.05) is 176 Å². The lowest BCUT2D eigenvalue weighted by Gasteiger charge is -2.10. The van der Waals surface area contributed by atoms with Crippen molar-refractivity contribution in [2.45, 2.75) is 186 Å². The zero-order valence-electron chi connectivity index (χ0n) is 42.8. The van der Waals surface area contributed by atoms with Crippen LogP contribution in [0.15, 0.2) is 54.6 Å². The van der Waals surface area contributed by atoms with Gasteiger partial charge in [-0.25, -0.2) is 0 Å². The molecule has 0 bridgehead atoms. The second-order valence-corrected chi connectivity index (χ2v) is 19.7. The van der Waals surface area contributed by atoms with Crippen molar-refractivity contribution in [1.82, 2.24) is 0 Å². The molecule has 0 aliphatic heterocycles. The number of carbonyl (C=O) groups excluding carboxylic acids is 1. The summed E-state index contributed by atoms with van der Waals surface area (Å²) in [6.07, 6.45) is 36.8. The second kappa shape index (κ2) is 44.8. The maximum Gasteiger partial charge on any atom is 0.166 e. The number of halogens is 3. The van der Waals surface area contributed by atoms with Crippen molar-refractivity contribution in [3.8, 4) is 34.5 Å². The number of benzene rings is 3. The minimum atomic E-state index is 0.137. The molecule has 0 fully saturated rings. The molecule has 0 aromatic heterocycles. The Labute approximate surface area is 434 Å². The van der Waals surface area contributed by atoms with Gasteiger partial charge >= 0.3 is 0 Å². The van der Waals surface area contributed by atoms with E-state index in [1.807, 2.05) is 30.3 Å². The summed E-state index contributed by atoms with van der Waals surface area (Å²) in [6.45, 7) is 0. The molecule has 0 amide bonds. The van der Waals surface area contributed by atoms with Gasteiger partial charge in [0.2, 0.25) is 0 Å². The lowest BCUT2D eigenvalue weighted by atomic mass is 10.0. The van der Waals surface area contributed by atoms with Gasteiger partial charge in [-0.2, -0.15) is 0 Å². The summed E-state index contributed by atoms with van der Waals surface area (Å²) in [5.74, 6) is 5.25. The van der Waals surface area contributed by atoms with Crippen LogP contribution in [0.3, 0.4) is 0 Å². The molecule has 0 saturated heterocycles. The summed E-state index contributed by atoms with van der Waals surface area (Å²) < 4.78 is 31.9. The average Bonchev–Trinajstić information content (AvgIpc) is 3.36. The van der Waals surface area contributed by atoms with Crippen molar-refractivity contribution in [2.24, 2.45) is 0 Å². The lowest BCUT2D eigenvalue weighted by Crippen LogP contribution is -2.03. The van der Waals surface area contributed by atoms with Crippen LogP contribution in [0.2, 0.25) is 0 Å². The number of unbranched alkanes of at least 4 members (excludes halogenated alkanes) is 23. The molecule has 0 heterocycles. The molecule has 382 valence electrons. The molecule has 0 spiro atoms. The molecule has 0 aliphatic carbocycles. The van der Waals surface area contributed by atoms with Gasteiger partial charge in [0.25, 0.3) is 0 Å². The van der Waals surface area contributed by atoms with E-state index in [1.165, 1.54) is 165 Å². The van der Waals surface area contributed by atoms with Crippen LogP contribution in [0.5, 0.6) is 34.5 Å². The van der Waals surface area contributed by atoms with Crippen molar-refractivity contribution >= 4 is 53.6 Å². The standard InChI is InChI=1S/C19H29BrO3.2C19H31BrO2/c1-22-16-12-13-19(23-2)17(15-16)18(21)11-9-7-5-3-4-6-8-10-14-20;2*1-21-18-13-14-19(22-2)17(16-18)12-10-8-6-4-3-5-7-9-11-15-20/h12-13,15H,3-11,14H2,1-2H3;2*13-14,16H,3-12,15H2,1-2H3. The number of ketones is 1. The molecule has 67 heavy (non-hydrogen) atoms. The Morgan fingerprint density at radius 2 is 0.627 bits per heavy atom. The Bertz CT molecular complexity index is 1540. The quantitative estimate of drug-likeness (QED) is 0.0320. The Kier molecular flexibility index (Phi) is 41.8. The highest BCUT2D eigenvalue weighted by molar-refractivity contribution is 9.09. The third-order valence-corrected chi connectivity index (χ3v) is 13.8. The fourth-order valence-electron chi connectivity index (χ4n) is 8.06. The number of ether oxygens (including phenoxy) is 6. The summed E-state index contributed by atoms with van der Waals surface area (Å²) in [5, 5.41) is 3.42. The summed E-state index contributed by atoms with van der Waals surface area (Å²) in [5.41, 5.74) is 3.15. The van der Waals surface area contributed by atoms with Gasteiger partial charge in [0.05, 0.1) is 48.2 Å². The third-order valence-electron chi connectivity index (χ3n) is 12.1. The number of rotatable bonds is 39. The minimum Gasteiger partial charge on any atom is -0.497 e. The topological polar surface area (TPSA) is 72.5 Å². The smallest absolute Gasteiger partial charge is 0.166 e. The van der Waals surface area contributed by atoms with Gasteiger partial charge in [0.15, 0.2) is 5.78 Å². The number of aryl methyl sites for hydroxylation is 2. The maximum absolute atomic E-state index is 12.4. The summed E-state index contributed by atoms with van der Waals surface area (Å²) in [6, 6.07) is 17.5. The highest BCUT2D eigenvalue weighted by Gasteiger charge is 2.13. The predicted molar refractivity (Wildman–Crippen MR) is 296 cm³/mol. The highest BCUT2D eigenvalue weighted by atomic mass is 79.9. The first-order valence-electron chi connectivity index (χ1n) is 25.7. The van der Waals surface area contributed by atoms with Crippen molar-refractivity contribution in [3.05, 3.63) is 71.3 Å². The normalized spacial score (nSPS) is 10.6. The van der Waals surface area contributed by atoms with E-state index < -0.39 is 0 Å². The Morgan fingerprint density at radius 1 is 0.343 bits per heavy atom. The van der Waals surface area contributed by atoms with Crippen molar-refractivity contribution in [3.63, 3.8) is 0 Å². The maximum atomic E-state index is 12.4. The minimum absolute atomic E-state index is 0.137. The molecule has 10 heteroatoms. The van der Waals surface area contributed by atoms with Crippen LogP contribution >= 0.6 is 47.8 Å². The lowest BCUT2D eigenvalue weighted by molar-refractivity contribution is 0.0975. The summed E-state index contributed by atoms with van der Waals surface area (Å²) in [4.78, 5) is 12.4. The van der Waals surface area contributed by atoms with Crippen LogP contribution in [-0.2, 0) is 12.8 Å². The van der Waals surface area contributed by atoms with Gasteiger partial charge in [0, 0.05) is 22.4 Å². The number of methoxy groups -OCH3 is 6. The zero-order valence-corrected chi connectivity index (χ0v) is 47.6. The Hall–Kier alpha value is -2.43. The van der Waals surface area contributed by atoms with Gasteiger partial charge in [-0.3, -0.25) is 4.79 Å². The SMILES string of the molecule is COc1ccc(OC)c(C(=O)CCCCCCCCCCBr)c1.COc1ccc(OC)c(CCCCCCCCCCCBr)c1.COc1ccc(OC)c(CCCCCCCCCCCBr)c1. The molecule has 0 aliphatic rings. The molecule has 0 saturated carbocycles. The van der Waals surface area contributed by atoms with Crippen LogP contribution < -0.4 is 28.4 Å². The molecule has 0 N–H and O–H groups in total. The van der Waals surface area contributed by atoms with Crippen molar-refractivity contribution < 1.29 is 33.2 Å². The number of hydrogen-bond donors (Lipinski definition) is 0. The molecule has 3 aromatic rings. The largest absolute Gasteiger partial charge is 0.497 e. The first-order valence-corrected chi connectivity index (χ1v) is 29.1. The van der Waals surface area contributed by atoms with Crippen LogP contribution in [-0.4, -0.2) is 64.4 Å². The fraction of sp³-hybridized carbons (Fsp3) is 0.667. The van der Waals surface area contributed by atoms with Gasteiger partial charge < -0.3 is 28.4 Å². The van der Waals surface area contributed by atoms with E-state index in [2.05, 4.69) is 59.9 Å².